The van der Waals surface area contributed by atoms with Crippen molar-refractivity contribution in [3.05, 3.63) is 29.8 Å². The Balaban J connectivity index is 1.71. The van der Waals surface area contributed by atoms with Crippen LogP contribution in [0.15, 0.2) is 24.3 Å². The third-order valence-corrected chi connectivity index (χ3v) is 7.52. The maximum atomic E-state index is 10.8. The highest BCUT2D eigenvalue weighted by Crippen LogP contribution is 2.83. The van der Waals surface area contributed by atoms with Crippen molar-refractivity contribution < 1.29 is 5.11 Å². The fourth-order valence-corrected chi connectivity index (χ4v) is 6.13. The molecule has 1 N–H and O–H groups in total. The summed E-state index contributed by atoms with van der Waals surface area (Å²) in [5.74, 6) is 1.82. The van der Waals surface area contributed by atoms with Crippen LogP contribution < -0.4 is 4.48 Å². The van der Waals surface area contributed by atoms with E-state index in [1.807, 2.05) is 0 Å². The predicted molar refractivity (Wildman–Crippen MR) is 87.2 cm³/mol. The molecular weight excluding hydrogens is 258 g/mol. The largest absolute Gasteiger partial charge is 0.392 e. The van der Waals surface area contributed by atoms with Gasteiger partial charge in [-0.15, -0.1) is 0 Å². The van der Waals surface area contributed by atoms with Crippen molar-refractivity contribution in [2.45, 2.75) is 38.7 Å². The maximum Gasteiger partial charge on any atom is 0.132 e. The second kappa shape index (κ2) is 3.72. The van der Waals surface area contributed by atoms with Gasteiger partial charge in [-0.05, 0) is 53.7 Å². The second-order valence-corrected chi connectivity index (χ2v) is 8.95. The Morgan fingerprint density at radius 1 is 1.10 bits per heavy atom. The molecule has 4 aliphatic rings. The van der Waals surface area contributed by atoms with Crippen molar-refractivity contribution in [1.82, 2.24) is 4.48 Å². The van der Waals surface area contributed by atoms with Crippen molar-refractivity contribution >= 4 is 5.69 Å². The van der Waals surface area contributed by atoms with Crippen LogP contribution in [0.2, 0.25) is 0 Å². The lowest BCUT2D eigenvalue weighted by atomic mass is 9.50. The third kappa shape index (κ3) is 1.37. The molecule has 0 spiro atoms. The molecule has 0 saturated heterocycles. The van der Waals surface area contributed by atoms with E-state index in [9.17, 15) is 5.11 Å². The van der Waals surface area contributed by atoms with E-state index in [4.69, 9.17) is 0 Å². The first kappa shape index (κ1) is 13.8. The zero-order chi connectivity index (χ0) is 15.2. The standard InChI is InChI=1S/C19H28NO/c1-18-11-10-14-15(17(18)21)16(19(14,18)2)12-6-8-13(9-7-12)20(3,4)5/h6-9,14-17,21H,10-11H2,1-5H3/q+1. The Kier molecular flexibility index (Phi) is 2.44. The maximum absolute atomic E-state index is 10.8. The number of hydrogen-bond acceptors (Lipinski definition) is 1. The summed E-state index contributed by atoms with van der Waals surface area (Å²) in [5, 5.41) is 10.8. The van der Waals surface area contributed by atoms with Crippen LogP contribution in [-0.4, -0.2) is 32.4 Å². The molecule has 4 bridgehead atoms. The van der Waals surface area contributed by atoms with Crippen LogP contribution in [0.25, 0.3) is 0 Å². The molecule has 6 atom stereocenters. The molecule has 21 heavy (non-hydrogen) atoms. The molecule has 0 heterocycles. The molecule has 6 unspecified atom stereocenters. The second-order valence-electron chi connectivity index (χ2n) is 8.95. The lowest BCUT2D eigenvalue weighted by Crippen LogP contribution is -2.47. The van der Waals surface area contributed by atoms with E-state index >= 15 is 0 Å². The van der Waals surface area contributed by atoms with Crippen LogP contribution in [0.1, 0.15) is 38.2 Å². The molecule has 0 radical (unpaired) electrons. The molecule has 4 aliphatic carbocycles. The minimum Gasteiger partial charge on any atom is -0.392 e. The molecule has 0 amide bonds. The quantitative estimate of drug-likeness (QED) is 0.826. The molecule has 2 heteroatoms. The van der Waals surface area contributed by atoms with Gasteiger partial charge in [0.2, 0.25) is 0 Å². The fourth-order valence-electron chi connectivity index (χ4n) is 6.13. The van der Waals surface area contributed by atoms with Gasteiger partial charge >= 0.3 is 0 Å². The van der Waals surface area contributed by atoms with Gasteiger partial charge in [-0.25, -0.2) is 0 Å². The summed E-state index contributed by atoms with van der Waals surface area (Å²) in [6.45, 7) is 4.77. The Morgan fingerprint density at radius 3 is 2.14 bits per heavy atom. The van der Waals surface area contributed by atoms with E-state index in [1.54, 1.807) is 0 Å². The Morgan fingerprint density at radius 2 is 1.71 bits per heavy atom. The van der Waals surface area contributed by atoms with E-state index in [0.29, 0.717) is 17.3 Å². The van der Waals surface area contributed by atoms with Gasteiger partial charge in [0, 0.05) is 5.41 Å². The smallest absolute Gasteiger partial charge is 0.132 e. The van der Waals surface area contributed by atoms with Gasteiger partial charge < -0.3 is 5.11 Å². The van der Waals surface area contributed by atoms with Crippen molar-refractivity contribution in [2.75, 3.05) is 21.1 Å². The molecular formula is C19H28NO+. The summed E-state index contributed by atoms with van der Waals surface area (Å²) < 4.78 is 0.856. The normalized spacial score (nSPS) is 47.5. The Hall–Kier alpha value is -0.860. The van der Waals surface area contributed by atoms with Crippen molar-refractivity contribution in [2.24, 2.45) is 22.7 Å². The number of quaternary nitrogens is 1. The van der Waals surface area contributed by atoms with Crippen LogP contribution >= 0.6 is 0 Å². The number of hydrogen-bond donors (Lipinski definition) is 1. The first-order valence-corrected chi connectivity index (χ1v) is 8.31. The first-order chi connectivity index (χ1) is 9.71. The molecule has 4 fully saturated rings. The molecule has 2 nitrogen and oxygen atoms in total. The number of benzene rings is 1. The average molecular weight is 286 g/mol. The van der Waals surface area contributed by atoms with Gasteiger partial charge in [-0.2, -0.15) is 0 Å². The van der Waals surface area contributed by atoms with Gasteiger partial charge in [0.15, 0.2) is 0 Å². The van der Waals surface area contributed by atoms with Crippen molar-refractivity contribution in [3.8, 4) is 0 Å². The van der Waals surface area contributed by atoms with Crippen LogP contribution in [0.5, 0.6) is 0 Å². The lowest BCUT2D eigenvalue weighted by molar-refractivity contribution is -0.00532. The van der Waals surface area contributed by atoms with Crippen molar-refractivity contribution in [3.63, 3.8) is 0 Å². The number of aliphatic hydroxyl groups excluding tert-OH is 1. The predicted octanol–water partition coefficient (Wildman–Crippen LogP) is 3.39. The summed E-state index contributed by atoms with van der Waals surface area (Å²) in [7, 11) is 6.61. The molecule has 1 aromatic carbocycles. The lowest BCUT2D eigenvalue weighted by Gasteiger charge is -2.53. The monoisotopic (exact) mass is 286 g/mol. The Bertz CT molecular complexity index is 585. The Labute approximate surface area is 128 Å². The SMILES string of the molecule is CC12CCC3C(C1O)C(c1ccc([N+](C)(C)C)cc1)C32C. The van der Waals surface area contributed by atoms with E-state index in [2.05, 4.69) is 59.3 Å². The van der Waals surface area contributed by atoms with Crippen LogP contribution in [0.3, 0.4) is 0 Å². The zero-order valence-corrected chi connectivity index (χ0v) is 13.9. The highest BCUT2D eigenvalue weighted by molar-refractivity contribution is 5.47. The van der Waals surface area contributed by atoms with Crippen LogP contribution in [0.4, 0.5) is 5.69 Å². The van der Waals surface area contributed by atoms with E-state index in [1.165, 1.54) is 24.1 Å². The van der Waals surface area contributed by atoms with Crippen LogP contribution in [-0.2, 0) is 0 Å². The van der Waals surface area contributed by atoms with Gasteiger partial charge in [0.25, 0.3) is 0 Å². The molecule has 1 aromatic rings. The minimum atomic E-state index is -0.0932. The highest BCUT2D eigenvalue weighted by Gasteiger charge is 2.80. The first-order valence-electron chi connectivity index (χ1n) is 8.31. The summed E-state index contributed by atoms with van der Waals surface area (Å²) in [5.41, 5.74) is 3.24. The van der Waals surface area contributed by atoms with Crippen molar-refractivity contribution in [1.29, 1.82) is 0 Å². The molecule has 5 rings (SSSR count). The highest BCUT2D eigenvalue weighted by atomic mass is 16.3. The van der Waals surface area contributed by atoms with Crippen LogP contribution in [0, 0.1) is 22.7 Å². The molecule has 0 aromatic heterocycles. The summed E-state index contributed by atoms with van der Waals surface area (Å²) in [6, 6.07) is 9.17. The van der Waals surface area contributed by atoms with Gasteiger partial charge in [-0.3, -0.25) is 4.48 Å². The fraction of sp³-hybridized carbons (Fsp3) is 0.684. The van der Waals surface area contributed by atoms with Gasteiger partial charge in [-0.1, -0.05) is 26.0 Å². The molecule has 4 saturated carbocycles. The summed E-state index contributed by atoms with van der Waals surface area (Å²) in [4.78, 5) is 0. The average Bonchev–Trinajstić information content (AvgIpc) is 2.78. The number of aliphatic hydroxyl groups is 1. The number of nitrogens with zero attached hydrogens (tertiary/aromatic N) is 1. The zero-order valence-electron chi connectivity index (χ0n) is 13.9. The molecule has 114 valence electrons. The van der Waals surface area contributed by atoms with E-state index < -0.39 is 0 Å². The topological polar surface area (TPSA) is 20.2 Å². The van der Waals surface area contributed by atoms with Gasteiger partial charge in [0.05, 0.1) is 27.2 Å². The van der Waals surface area contributed by atoms with Gasteiger partial charge in [0.1, 0.15) is 5.69 Å². The van der Waals surface area contributed by atoms with E-state index in [0.717, 1.165) is 10.4 Å². The summed E-state index contributed by atoms with van der Waals surface area (Å²) in [6.07, 6.45) is 2.44. The number of rotatable bonds is 2. The third-order valence-electron chi connectivity index (χ3n) is 7.52. The minimum absolute atomic E-state index is 0.0932. The molecule has 0 aliphatic heterocycles. The van der Waals surface area contributed by atoms with E-state index in [-0.39, 0.29) is 11.5 Å². The summed E-state index contributed by atoms with van der Waals surface area (Å²) >= 11 is 0.